The Labute approximate surface area is 159 Å². The third kappa shape index (κ3) is 9.92. The number of hydrogen-bond acceptors (Lipinski definition) is 6. The molecule has 1 rings (SSSR count). The highest BCUT2D eigenvalue weighted by atomic mass is 16.5. The van der Waals surface area contributed by atoms with Crippen molar-refractivity contribution in [3.8, 4) is 0 Å². The number of rotatable bonds is 14. The van der Waals surface area contributed by atoms with Crippen LogP contribution in [0.25, 0.3) is 0 Å². The molecule has 1 aromatic rings. The van der Waals surface area contributed by atoms with Crippen molar-refractivity contribution in [3.63, 3.8) is 0 Å². The van der Waals surface area contributed by atoms with E-state index in [-0.39, 0.29) is 12.0 Å². The first kappa shape index (κ1) is 22.6. The fraction of sp³-hybridized carbons (Fsp3) is 0.800. The summed E-state index contributed by atoms with van der Waals surface area (Å²) in [5.74, 6) is 1.49. The zero-order valence-electron chi connectivity index (χ0n) is 17.1. The lowest BCUT2D eigenvalue weighted by Crippen LogP contribution is -2.18. The van der Waals surface area contributed by atoms with Gasteiger partial charge in [-0.25, -0.2) is 4.98 Å². The molecule has 0 aliphatic rings. The van der Waals surface area contributed by atoms with E-state index in [1.807, 2.05) is 6.07 Å². The monoisotopic (exact) mass is 366 g/mol. The van der Waals surface area contributed by atoms with Crippen LogP contribution >= 0.6 is 0 Å². The van der Waals surface area contributed by atoms with Crippen LogP contribution in [0.3, 0.4) is 0 Å². The number of unbranched alkanes of at least 4 members (excludes halogenated alkanes) is 5. The van der Waals surface area contributed by atoms with E-state index in [0.717, 1.165) is 24.5 Å². The van der Waals surface area contributed by atoms with E-state index in [0.29, 0.717) is 25.7 Å². The smallest absolute Gasteiger partial charge is 0.224 e. The number of nitrogens with zero attached hydrogens (tertiary/aromatic N) is 2. The van der Waals surface area contributed by atoms with Crippen LogP contribution in [0.15, 0.2) is 6.07 Å². The molecule has 0 aliphatic carbocycles. The van der Waals surface area contributed by atoms with Crippen LogP contribution in [0.5, 0.6) is 0 Å². The highest BCUT2D eigenvalue weighted by Gasteiger charge is 2.18. The number of aliphatic hydroxyl groups excluding tert-OH is 1. The number of aliphatic hydroxyl groups is 1. The maximum Gasteiger partial charge on any atom is 0.224 e. The van der Waals surface area contributed by atoms with E-state index < -0.39 is 0 Å². The molecule has 0 amide bonds. The molecule has 3 N–H and O–H groups in total. The number of hydrogen-bond donors (Lipinski definition) is 3. The summed E-state index contributed by atoms with van der Waals surface area (Å²) in [5, 5.41) is 15.4. The summed E-state index contributed by atoms with van der Waals surface area (Å²) in [4.78, 5) is 9.26. The predicted octanol–water partition coefficient (Wildman–Crippen LogP) is 3.97. The van der Waals surface area contributed by atoms with Gasteiger partial charge in [-0.05, 0) is 6.42 Å². The average Bonchev–Trinajstić information content (AvgIpc) is 2.60. The molecule has 1 heterocycles. The van der Waals surface area contributed by atoms with Crippen LogP contribution in [-0.4, -0.2) is 48.0 Å². The molecule has 0 radical (unpaired) electrons. The van der Waals surface area contributed by atoms with Crippen molar-refractivity contribution >= 4 is 11.8 Å². The maximum atomic E-state index is 8.73. The largest absolute Gasteiger partial charge is 0.394 e. The van der Waals surface area contributed by atoms with Crippen LogP contribution in [-0.2, 0) is 10.2 Å². The predicted molar refractivity (Wildman–Crippen MR) is 109 cm³/mol. The fourth-order valence-corrected chi connectivity index (χ4v) is 2.52. The van der Waals surface area contributed by atoms with Gasteiger partial charge in [0.15, 0.2) is 0 Å². The van der Waals surface area contributed by atoms with Crippen molar-refractivity contribution in [3.05, 3.63) is 11.8 Å². The van der Waals surface area contributed by atoms with Crippen molar-refractivity contribution in [1.82, 2.24) is 9.97 Å². The minimum atomic E-state index is -0.0384. The van der Waals surface area contributed by atoms with Gasteiger partial charge < -0.3 is 20.5 Å². The zero-order valence-corrected chi connectivity index (χ0v) is 17.1. The van der Waals surface area contributed by atoms with E-state index >= 15 is 0 Å². The van der Waals surface area contributed by atoms with Gasteiger partial charge in [-0.3, -0.25) is 0 Å². The number of aromatic nitrogens is 2. The number of nitrogens with one attached hydrogen (secondary N) is 2. The van der Waals surface area contributed by atoms with Gasteiger partial charge in [0.2, 0.25) is 5.95 Å². The molecule has 0 fully saturated rings. The van der Waals surface area contributed by atoms with Crippen LogP contribution < -0.4 is 10.6 Å². The minimum Gasteiger partial charge on any atom is -0.394 e. The van der Waals surface area contributed by atoms with E-state index in [4.69, 9.17) is 9.84 Å². The summed E-state index contributed by atoms with van der Waals surface area (Å²) >= 11 is 0. The first-order valence-corrected chi connectivity index (χ1v) is 10.0. The first-order valence-electron chi connectivity index (χ1n) is 10.0. The Morgan fingerprint density at radius 3 is 2.38 bits per heavy atom. The van der Waals surface area contributed by atoms with Gasteiger partial charge in [0.1, 0.15) is 5.82 Å². The Balaban J connectivity index is 2.53. The Morgan fingerprint density at radius 2 is 1.69 bits per heavy atom. The lowest BCUT2D eigenvalue weighted by atomic mass is 9.92. The highest BCUT2D eigenvalue weighted by molar-refractivity contribution is 5.44. The molecule has 26 heavy (non-hydrogen) atoms. The van der Waals surface area contributed by atoms with Crippen molar-refractivity contribution in [2.45, 2.75) is 71.6 Å². The molecule has 0 unspecified atom stereocenters. The Bertz CT molecular complexity index is 489. The van der Waals surface area contributed by atoms with Gasteiger partial charge in [0, 0.05) is 24.6 Å². The van der Waals surface area contributed by atoms with Crippen LogP contribution in [0.2, 0.25) is 0 Å². The van der Waals surface area contributed by atoms with Gasteiger partial charge in [0.05, 0.1) is 25.5 Å². The van der Waals surface area contributed by atoms with Gasteiger partial charge >= 0.3 is 0 Å². The minimum absolute atomic E-state index is 0.0384. The second kappa shape index (κ2) is 12.9. The zero-order chi connectivity index (χ0) is 19.3. The van der Waals surface area contributed by atoms with E-state index in [2.05, 4.69) is 48.3 Å². The van der Waals surface area contributed by atoms with Crippen molar-refractivity contribution in [2.24, 2.45) is 0 Å². The van der Waals surface area contributed by atoms with Crippen LogP contribution in [0.1, 0.15) is 71.9 Å². The Hall–Kier alpha value is -1.40. The van der Waals surface area contributed by atoms with Gasteiger partial charge in [-0.2, -0.15) is 4.98 Å². The second-order valence-electron chi connectivity index (χ2n) is 7.67. The maximum absolute atomic E-state index is 8.73. The topological polar surface area (TPSA) is 79.3 Å². The number of anilines is 2. The van der Waals surface area contributed by atoms with Crippen molar-refractivity contribution in [2.75, 3.05) is 43.5 Å². The summed E-state index contributed by atoms with van der Waals surface area (Å²) < 4.78 is 5.28. The van der Waals surface area contributed by atoms with Gasteiger partial charge in [-0.1, -0.05) is 59.8 Å². The second-order valence-corrected chi connectivity index (χ2v) is 7.67. The molecule has 6 heteroatoms. The lowest BCUT2D eigenvalue weighted by Gasteiger charge is -2.20. The normalized spacial score (nSPS) is 11.6. The van der Waals surface area contributed by atoms with Gasteiger partial charge in [-0.15, -0.1) is 0 Å². The molecule has 0 spiro atoms. The molecule has 150 valence electrons. The Kier molecular flexibility index (Phi) is 11.2. The molecular weight excluding hydrogens is 328 g/mol. The lowest BCUT2D eigenvalue weighted by molar-refractivity contribution is 0.0992. The third-order valence-corrected chi connectivity index (χ3v) is 4.10. The first-order chi connectivity index (χ1) is 12.5. The molecule has 0 aromatic carbocycles. The summed E-state index contributed by atoms with van der Waals surface area (Å²) in [6.07, 6.45) is 7.65. The molecular formula is C20H38N4O2. The van der Waals surface area contributed by atoms with E-state index in [1.165, 1.54) is 32.1 Å². The summed E-state index contributed by atoms with van der Waals surface area (Å²) in [6.45, 7) is 11.2. The standard InChI is InChI=1S/C20H38N4O2/c1-5-6-7-8-9-10-11-22-19-23-17(20(2,3)4)16-18(24-19)21-12-14-26-15-13-25/h16,25H,5-15H2,1-4H3,(H2,21,22,23,24). The SMILES string of the molecule is CCCCCCCCNc1nc(NCCOCCO)cc(C(C)(C)C)n1. The summed E-state index contributed by atoms with van der Waals surface area (Å²) in [6, 6.07) is 2.00. The van der Waals surface area contributed by atoms with Gasteiger partial charge in [0.25, 0.3) is 0 Å². The molecule has 1 aromatic heterocycles. The highest BCUT2D eigenvalue weighted by Crippen LogP contribution is 2.23. The Morgan fingerprint density at radius 1 is 0.962 bits per heavy atom. The fourth-order valence-electron chi connectivity index (χ4n) is 2.52. The summed E-state index contributed by atoms with van der Waals surface area (Å²) in [7, 11) is 0. The van der Waals surface area contributed by atoms with Crippen molar-refractivity contribution in [1.29, 1.82) is 0 Å². The molecule has 0 bridgehead atoms. The molecule has 0 atom stereocenters. The van der Waals surface area contributed by atoms with Crippen molar-refractivity contribution < 1.29 is 9.84 Å². The average molecular weight is 367 g/mol. The molecule has 0 aliphatic heterocycles. The third-order valence-electron chi connectivity index (χ3n) is 4.10. The number of ether oxygens (including phenoxy) is 1. The summed E-state index contributed by atoms with van der Waals surface area (Å²) in [5.41, 5.74) is 0.973. The quantitative estimate of drug-likeness (QED) is 0.432. The van der Waals surface area contributed by atoms with Crippen LogP contribution in [0.4, 0.5) is 11.8 Å². The van der Waals surface area contributed by atoms with Crippen LogP contribution in [0, 0.1) is 0 Å². The van der Waals surface area contributed by atoms with E-state index in [1.54, 1.807) is 0 Å². The van der Waals surface area contributed by atoms with E-state index in [9.17, 15) is 0 Å². The molecule has 0 saturated carbocycles. The molecule has 6 nitrogen and oxygen atoms in total. The molecule has 0 saturated heterocycles.